The summed E-state index contributed by atoms with van der Waals surface area (Å²) in [5, 5.41) is 3.96. The fourth-order valence-electron chi connectivity index (χ4n) is 3.64. The summed E-state index contributed by atoms with van der Waals surface area (Å²) in [6.07, 6.45) is 3.93. The van der Waals surface area contributed by atoms with Crippen LogP contribution in [0.15, 0.2) is 45.7 Å². The Labute approximate surface area is 164 Å². The summed E-state index contributed by atoms with van der Waals surface area (Å²) in [7, 11) is 1.56. The molecule has 5 nitrogen and oxygen atoms in total. The summed E-state index contributed by atoms with van der Waals surface area (Å²) in [5.41, 5.74) is 3.90. The van der Waals surface area contributed by atoms with E-state index in [4.69, 9.17) is 4.74 Å². The highest BCUT2D eigenvalue weighted by Crippen LogP contribution is 2.28. The number of benzene rings is 2. The number of carbonyl (C=O) groups is 1. The third-order valence-corrected chi connectivity index (χ3v) is 5.70. The van der Waals surface area contributed by atoms with E-state index in [1.807, 2.05) is 18.2 Å². The number of aromatic amines is 1. The molecule has 27 heavy (non-hydrogen) atoms. The molecule has 0 unspecified atom stereocenters. The molecule has 0 aliphatic heterocycles. The molecule has 1 aliphatic rings. The predicted octanol–water partition coefficient (Wildman–Crippen LogP) is 4.43. The molecule has 6 heteroatoms. The monoisotopic (exact) mass is 426 g/mol. The van der Waals surface area contributed by atoms with E-state index < -0.39 is 0 Å². The van der Waals surface area contributed by atoms with Crippen LogP contribution < -0.4 is 15.6 Å². The molecule has 0 radical (unpaired) electrons. The van der Waals surface area contributed by atoms with E-state index in [0.717, 1.165) is 47.7 Å². The van der Waals surface area contributed by atoms with Crippen molar-refractivity contribution in [2.24, 2.45) is 0 Å². The van der Waals surface area contributed by atoms with Gasteiger partial charge in [-0.1, -0.05) is 6.07 Å². The number of aryl methyl sites for hydroxylation is 1. The number of fused-ring (bicyclic) bond motifs is 3. The Bertz CT molecular complexity index is 1100. The van der Waals surface area contributed by atoms with Gasteiger partial charge < -0.3 is 15.0 Å². The first-order chi connectivity index (χ1) is 13.1. The van der Waals surface area contributed by atoms with Gasteiger partial charge in [-0.2, -0.15) is 0 Å². The van der Waals surface area contributed by atoms with Crippen LogP contribution in [-0.2, 0) is 12.8 Å². The highest BCUT2D eigenvalue weighted by molar-refractivity contribution is 9.10. The third-order valence-electron chi connectivity index (χ3n) is 5.01. The van der Waals surface area contributed by atoms with Crippen LogP contribution in [-0.4, -0.2) is 18.0 Å². The Hall–Kier alpha value is -2.60. The van der Waals surface area contributed by atoms with Crippen LogP contribution in [0, 0.1) is 0 Å². The molecule has 1 aliphatic carbocycles. The number of nitrogens with one attached hydrogen (secondary N) is 2. The van der Waals surface area contributed by atoms with Crippen LogP contribution in [0.2, 0.25) is 0 Å². The summed E-state index contributed by atoms with van der Waals surface area (Å²) in [6, 6.07) is 10.9. The number of methoxy groups -OCH3 is 1. The molecule has 1 aromatic heterocycles. The van der Waals surface area contributed by atoms with Crippen molar-refractivity contribution in [3.8, 4) is 5.75 Å². The van der Waals surface area contributed by atoms with Crippen molar-refractivity contribution in [2.75, 3.05) is 12.4 Å². The average molecular weight is 427 g/mol. The second kappa shape index (κ2) is 7.19. The first-order valence-corrected chi connectivity index (χ1v) is 9.69. The van der Waals surface area contributed by atoms with Crippen molar-refractivity contribution in [1.82, 2.24) is 4.98 Å². The number of rotatable bonds is 3. The van der Waals surface area contributed by atoms with Gasteiger partial charge in [0, 0.05) is 21.1 Å². The van der Waals surface area contributed by atoms with Crippen LogP contribution in [0.1, 0.15) is 34.3 Å². The largest absolute Gasteiger partial charge is 0.497 e. The van der Waals surface area contributed by atoms with E-state index in [9.17, 15) is 9.59 Å². The molecule has 0 atom stereocenters. The van der Waals surface area contributed by atoms with Gasteiger partial charge in [-0.3, -0.25) is 9.59 Å². The van der Waals surface area contributed by atoms with Gasteiger partial charge >= 0.3 is 0 Å². The Kier molecular flexibility index (Phi) is 4.74. The van der Waals surface area contributed by atoms with Crippen molar-refractivity contribution in [3.05, 3.63) is 67.9 Å². The fraction of sp³-hybridized carbons (Fsp3) is 0.238. The number of ether oxygens (including phenoxy) is 1. The summed E-state index contributed by atoms with van der Waals surface area (Å²) in [4.78, 5) is 28.0. The summed E-state index contributed by atoms with van der Waals surface area (Å²) < 4.78 is 5.88. The zero-order chi connectivity index (χ0) is 19.0. The average Bonchev–Trinajstić information content (AvgIpc) is 2.68. The van der Waals surface area contributed by atoms with Crippen LogP contribution in [0.3, 0.4) is 0 Å². The van der Waals surface area contributed by atoms with Gasteiger partial charge in [-0.05, 0) is 77.5 Å². The van der Waals surface area contributed by atoms with E-state index in [2.05, 4.69) is 26.2 Å². The Morgan fingerprint density at radius 2 is 1.89 bits per heavy atom. The molecule has 0 bridgehead atoms. The fourth-order valence-corrected chi connectivity index (χ4v) is 4.07. The Morgan fingerprint density at radius 3 is 2.67 bits per heavy atom. The highest BCUT2D eigenvalue weighted by Gasteiger charge is 2.17. The molecule has 1 heterocycles. The number of amides is 1. The van der Waals surface area contributed by atoms with Crippen LogP contribution in [0.5, 0.6) is 5.75 Å². The standard InChI is InChI=1S/C21H19BrN2O3/c1-27-13-7-9-18(22)17(11-13)21(26)23-12-6-8-15-14-4-2-3-5-16(14)20(25)24-19(15)10-12/h6-11H,2-5H2,1H3,(H,23,26)(H,24,25). The summed E-state index contributed by atoms with van der Waals surface area (Å²) in [5.74, 6) is 0.359. The summed E-state index contributed by atoms with van der Waals surface area (Å²) in [6.45, 7) is 0. The van der Waals surface area contributed by atoms with Crippen molar-refractivity contribution in [1.29, 1.82) is 0 Å². The Morgan fingerprint density at radius 1 is 1.11 bits per heavy atom. The molecular weight excluding hydrogens is 408 g/mol. The van der Waals surface area contributed by atoms with E-state index in [-0.39, 0.29) is 11.5 Å². The molecule has 3 aromatic rings. The maximum absolute atomic E-state index is 12.7. The molecule has 0 saturated heterocycles. The quantitative estimate of drug-likeness (QED) is 0.650. The molecular formula is C21H19BrN2O3. The lowest BCUT2D eigenvalue weighted by Crippen LogP contribution is -2.19. The van der Waals surface area contributed by atoms with Gasteiger partial charge in [-0.15, -0.1) is 0 Å². The first-order valence-electron chi connectivity index (χ1n) is 8.89. The number of H-pyrrole nitrogens is 1. The molecule has 0 spiro atoms. The van der Waals surface area contributed by atoms with E-state index in [1.54, 1.807) is 25.3 Å². The highest BCUT2D eigenvalue weighted by atomic mass is 79.9. The zero-order valence-corrected chi connectivity index (χ0v) is 16.5. The minimum Gasteiger partial charge on any atom is -0.497 e. The van der Waals surface area contributed by atoms with Gasteiger partial charge in [-0.25, -0.2) is 0 Å². The van der Waals surface area contributed by atoms with E-state index in [0.29, 0.717) is 21.5 Å². The van der Waals surface area contributed by atoms with Crippen LogP contribution in [0.25, 0.3) is 10.9 Å². The smallest absolute Gasteiger partial charge is 0.256 e. The number of carbonyl (C=O) groups excluding carboxylic acids is 1. The van der Waals surface area contributed by atoms with Gasteiger partial charge in [0.15, 0.2) is 0 Å². The minimum absolute atomic E-state index is 0.0174. The number of hydrogen-bond donors (Lipinski definition) is 2. The molecule has 0 fully saturated rings. The number of pyridine rings is 1. The minimum atomic E-state index is -0.250. The molecule has 2 N–H and O–H groups in total. The second-order valence-electron chi connectivity index (χ2n) is 6.68. The van der Waals surface area contributed by atoms with Gasteiger partial charge in [0.25, 0.3) is 11.5 Å². The van der Waals surface area contributed by atoms with Gasteiger partial charge in [0.2, 0.25) is 0 Å². The third kappa shape index (κ3) is 3.37. The number of hydrogen-bond acceptors (Lipinski definition) is 3. The van der Waals surface area contributed by atoms with Crippen LogP contribution in [0.4, 0.5) is 5.69 Å². The Balaban J connectivity index is 1.69. The lowest BCUT2D eigenvalue weighted by Gasteiger charge is -2.17. The van der Waals surface area contributed by atoms with Crippen molar-refractivity contribution >= 4 is 38.4 Å². The number of halogens is 1. The maximum atomic E-state index is 12.7. The van der Waals surface area contributed by atoms with Gasteiger partial charge in [0.05, 0.1) is 18.2 Å². The van der Waals surface area contributed by atoms with Gasteiger partial charge in [0.1, 0.15) is 5.75 Å². The normalized spacial score (nSPS) is 13.3. The van der Waals surface area contributed by atoms with Crippen molar-refractivity contribution < 1.29 is 9.53 Å². The van der Waals surface area contributed by atoms with Crippen molar-refractivity contribution in [3.63, 3.8) is 0 Å². The molecule has 138 valence electrons. The molecule has 2 aromatic carbocycles. The predicted molar refractivity (Wildman–Crippen MR) is 110 cm³/mol. The van der Waals surface area contributed by atoms with Crippen molar-refractivity contribution in [2.45, 2.75) is 25.7 Å². The number of aromatic nitrogens is 1. The first kappa shape index (κ1) is 17.8. The van der Waals surface area contributed by atoms with E-state index >= 15 is 0 Å². The lowest BCUT2D eigenvalue weighted by molar-refractivity contribution is 0.102. The lowest BCUT2D eigenvalue weighted by atomic mass is 9.90. The number of anilines is 1. The van der Waals surface area contributed by atoms with E-state index in [1.165, 1.54) is 0 Å². The zero-order valence-electron chi connectivity index (χ0n) is 14.9. The molecule has 1 amide bonds. The molecule has 4 rings (SSSR count). The topological polar surface area (TPSA) is 71.2 Å². The second-order valence-corrected chi connectivity index (χ2v) is 7.53. The SMILES string of the molecule is COc1ccc(Br)c(C(=O)Nc2ccc3c4c(c(=O)[nH]c3c2)CCCC4)c1. The van der Waals surface area contributed by atoms with Crippen LogP contribution >= 0.6 is 15.9 Å². The summed E-state index contributed by atoms with van der Waals surface area (Å²) >= 11 is 3.40. The molecule has 0 saturated carbocycles. The maximum Gasteiger partial charge on any atom is 0.256 e.